The van der Waals surface area contributed by atoms with Gasteiger partial charge in [0.1, 0.15) is 12.2 Å². The molecule has 3 aromatic rings. The standard InChI is InChI=1S/C21H25N5O4/c1-24-14-22-23-19(24)15-12-25(13-21(15)7-10-29-11-8-21)18(27)6-9-26-16-4-2-3-5-17(16)30-20(26)28/h2-5,14-15H,6-13H2,1H3. The van der Waals surface area contributed by atoms with Gasteiger partial charge in [0.15, 0.2) is 5.58 Å². The Bertz CT molecular complexity index is 1120. The summed E-state index contributed by atoms with van der Waals surface area (Å²) in [6, 6.07) is 7.28. The van der Waals surface area contributed by atoms with Crippen LogP contribution in [0.5, 0.6) is 0 Å². The number of hydrogen-bond acceptors (Lipinski definition) is 6. The van der Waals surface area contributed by atoms with Crippen molar-refractivity contribution in [2.24, 2.45) is 12.5 Å². The van der Waals surface area contributed by atoms with Gasteiger partial charge in [-0.25, -0.2) is 4.79 Å². The average Bonchev–Trinajstić information content (AvgIpc) is 3.42. The zero-order valence-electron chi connectivity index (χ0n) is 17.0. The molecule has 1 atom stereocenters. The molecule has 2 fully saturated rings. The Morgan fingerprint density at radius 2 is 2.07 bits per heavy atom. The molecule has 1 unspecified atom stereocenters. The summed E-state index contributed by atoms with van der Waals surface area (Å²) in [5.41, 5.74) is 1.22. The van der Waals surface area contributed by atoms with Gasteiger partial charge in [-0.05, 0) is 25.0 Å². The number of oxazole rings is 1. The fourth-order valence-corrected chi connectivity index (χ4v) is 5.00. The molecule has 0 saturated carbocycles. The molecule has 2 aliphatic heterocycles. The summed E-state index contributed by atoms with van der Waals surface area (Å²) in [6.07, 6.45) is 3.77. The van der Waals surface area contributed by atoms with Gasteiger partial charge in [0.2, 0.25) is 5.91 Å². The maximum atomic E-state index is 13.1. The third-order valence-electron chi connectivity index (χ3n) is 6.67. The Labute approximate surface area is 173 Å². The smallest absolute Gasteiger partial charge is 0.408 e. The van der Waals surface area contributed by atoms with E-state index < -0.39 is 5.76 Å². The quantitative estimate of drug-likeness (QED) is 0.646. The van der Waals surface area contributed by atoms with Crippen molar-refractivity contribution >= 4 is 17.0 Å². The number of carbonyl (C=O) groups is 1. The van der Waals surface area contributed by atoms with Crippen molar-refractivity contribution in [2.75, 3.05) is 26.3 Å². The highest BCUT2D eigenvalue weighted by Gasteiger charge is 2.50. The number of carbonyl (C=O) groups excluding carboxylic acids is 1. The van der Waals surface area contributed by atoms with Crippen molar-refractivity contribution in [3.63, 3.8) is 0 Å². The molecule has 4 heterocycles. The summed E-state index contributed by atoms with van der Waals surface area (Å²) in [4.78, 5) is 27.2. The van der Waals surface area contributed by atoms with E-state index in [1.165, 1.54) is 4.57 Å². The van der Waals surface area contributed by atoms with E-state index in [0.717, 1.165) is 24.2 Å². The van der Waals surface area contributed by atoms with Crippen LogP contribution in [0.2, 0.25) is 0 Å². The van der Waals surface area contributed by atoms with Crippen LogP contribution in [-0.2, 0) is 23.1 Å². The van der Waals surface area contributed by atoms with E-state index in [2.05, 4.69) is 10.2 Å². The fraction of sp³-hybridized carbons (Fsp3) is 0.524. The first kappa shape index (κ1) is 19.0. The Morgan fingerprint density at radius 1 is 1.27 bits per heavy atom. The lowest BCUT2D eigenvalue weighted by Crippen LogP contribution is -2.38. The minimum Gasteiger partial charge on any atom is -0.408 e. The maximum Gasteiger partial charge on any atom is 0.419 e. The predicted molar refractivity (Wildman–Crippen MR) is 108 cm³/mol. The molecule has 1 amide bonds. The highest BCUT2D eigenvalue weighted by atomic mass is 16.5. The number of para-hydroxylation sites is 2. The number of ether oxygens (including phenoxy) is 1. The second kappa shape index (κ2) is 7.39. The number of hydrogen-bond donors (Lipinski definition) is 0. The molecule has 0 bridgehead atoms. The van der Waals surface area contributed by atoms with E-state index in [1.54, 1.807) is 12.4 Å². The first-order valence-electron chi connectivity index (χ1n) is 10.4. The fourth-order valence-electron chi connectivity index (χ4n) is 5.00. The molecular weight excluding hydrogens is 386 g/mol. The van der Waals surface area contributed by atoms with Crippen LogP contribution in [0.4, 0.5) is 0 Å². The van der Waals surface area contributed by atoms with Crippen LogP contribution >= 0.6 is 0 Å². The Hall–Kier alpha value is -2.94. The van der Waals surface area contributed by atoms with Gasteiger partial charge in [-0.2, -0.15) is 0 Å². The van der Waals surface area contributed by atoms with Crippen molar-refractivity contribution in [3.05, 3.63) is 47.0 Å². The lowest BCUT2D eigenvalue weighted by Gasteiger charge is -2.37. The number of aryl methyl sites for hydroxylation is 2. The summed E-state index contributed by atoms with van der Waals surface area (Å²) in [5.74, 6) is 0.672. The Balaban J connectivity index is 1.35. The number of amides is 1. The van der Waals surface area contributed by atoms with Crippen LogP contribution in [0.25, 0.3) is 11.1 Å². The molecule has 2 saturated heterocycles. The van der Waals surface area contributed by atoms with Crippen molar-refractivity contribution in [1.82, 2.24) is 24.2 Å². The van der Waals surface area contributed by atoms with Crippen LogP contribution < -0.4 is 5.76 Å². The largest absolute Gasteiger partial charge is 0.419 e. The van der Waals surface area contributed by atoms with E-state index in [-0.39, 0.29) is 23.7 Å². The molecule has 1 spiro atoms. The van der Waals surface area contributed by atoms with E-state index in [0.29, 0.717) is 38.4 Å². The second-order valence-electron chi connectivity index (χ2n) is 8.34. The molecule has 158 valence electrons. The number of fused-ring (bicyclic) bond motifs is 1. The molecule has 9 heteroatoms. The third-order valence-corrected chi connectivity index (χ3v) is 6.67. The summed E-state index contributed by atoms with van der Waals surface area (Å²) >= 11 is 0. The van der Waals surface area contributed by atoms with Crippen molar-refractivity contribution in [3.8, 4) is 0 Å². The Morgan fingerprint density at radius 3 is 2.83 bits per heavy atom. The average molecular weight is 411 g/mol. The lowest BCUT2D eigenvalue weighted by molar-refractivity contribution is -0.131. The van der Waals surface area contributed by atoms with Crippen molar-refractivity contribution in [1.29, 1.82) is 0 Å². The van der Waals surface area contributed by atoms with Gasteiger partial charge < -0.3 is 18.6 Å². The first-order valence-corrected chi connectivity index (χ1v) is 10.4. The van der Waals surface area contributed by atoms with E-state index in [1.807, 2.05) is 34.7 Å². The molecule has 30 heavy (non-hydrogen) atoms. The van der Waals surface area contributed by atoms with Crippen LogP contribution in [-0.4, -0.2) is 56.4 Å². The van der Waals surface area contributed by atoms with E-state index in [9.17, 15) is 9.59 Å². The molecular formula is C21H25N5O4. The second-order valence-corrected chi connectivity index (χ2v) is 8.34. The number of likely N-dealkylation sites (tertiary alicyclic amines) is 1. The SMILES string of the molecule is Cn1cnnc1C1CN(C(=O)CCn2c(=O)oc3ccccc32)CC12CCOCC2. The maximum absolute atomic E-state index is 13.1. The highest BCUT2D eigenvalue weighted by molar-refractivity contribution is 5.77. The highest BCUT2D eigenvalue weighted by Crippen LogP contribution is 2.48. The molecule has 5 rings (SSSR count). The minimum absolute atomic E-state index is 0.0339. The summed E-state index contributed by atoms with van der Waals surface area (Å²) in [5, 5.41) is 8.40. The normalized spacial score (nSPS) is 21.0. The van der Waals surface area contributed by atoms with Gasteiger partial charge in [0.25, 0.3) is 0 Å². The molecule has 0 radical (unpaired) electrons. The number of aromatic nitrogens is 4. The molecule has 1 aromatic carbocycles. The summed E-state index contributed by atoms with van der Waals surface area (Å²) < 4.78 is 14.4. The monoisotopic (exact) mass is 411 g/mol. The van der Waals surface area contributed by atoms with Gasteiger partial charge in [-0.1, -0.05) is 12.1 Å². The zero-order chi connectivity index (χ0) is 20.7. The number of benzene rings is 1. The van der Waals surface area contributed by atoms with E-state index in [4.69, 9.17) is 9.15 Å². The van der Waals surface area contributed by atoms with Crippen molar-refractivity contribution in [2.45, 2.75) is 31.7 Å². The van der Waals surface area contributed by atoms with E-state index >= 15 is 0 Å². The zero-order valence-corrected chi connectivity index (χ0v) is 17.0. The summed E-state index contributed by atoms with van der Waals surface area (Å²) in [7, 11) is 1.95. The minimum atomic E-state index is -0.428. The Kier molecular flexibility index (Phi) is 4.69. The number of rotatable bonds is 4. The van der Waals surface area contributed by atoms with Gasteiger partial charge in [-0.15, -0.1) is 10.2 Å². The van der Waals surface area contributed by atoms with Crippen LogP contribution in [0.15, 0.2) is 39.8 Å². The van der Waals surface area contributed by atoms with Gasteiger partial charge in [0, 0.05) is 57.6 Å². The number of nitrogens with zero attached hydrogens (tertiary/aromatic N) is 5. The molecule has 2 aliphatic rings. The van der Waals surface area contributed by atoms with Crippen LogP contribution in [0.3, 0.4) is 0 Å². The lowest BCUT2D eigenvalue weighted by atomic mass is 9.72. The third kappa shape index (κ3) is 3.13. The van der Waals surface area contributed by atoms with Gasteiger partial charge >= 0.3 is 5.76 Å². The molecule has 9 nitrogen and oxygen atoms in total. The van der Waals surface area contributed by atoms with Crippen LogP contribution in [0.1, 0.15) is 31.0 Å². The topological polar surface area (TPSA) is 95.4 Å². The predicted octanol–water partition coefficient (Wildman–Crippen LogP) is 1.54. The van der Waals surface area contributed by atoms with Crippen LogP contribution in [0, 0.1) is 5.41 Å². The van der Waals surface area contributed by atoms with Gasteiger partial charge in [0.05, 0.1) is 5.52 Å². The molecule has 2 aromatic heterocycles. The molecule has 0 N–H and O–H groups in total. The van der Waals surface area contributed by atoms with Crippen molar-refractivity contribution < 1.29 is 13.9 Å². The molecule has 0 aliphatic carbocycles. The first-order chi connectivity index (χ1) is 14.6. The van der Waals surface area contributed by atoms with Gasteiger partial charge in [-0.3, -0.25) is 9.36 Å². The summed E-state index contributed by atoms with van der Waals surface area (Å²) in [6.45, 7) is 3.01.